The minimum Gasteiger partial charge on any atom is -0.465 e. The van der Waals surface area contributed by atoms with Gasteiger partial charge in [0.05, 0.1) is 63.0 Å². The molecular weight excluding hydrogens is 1310 g/mol. The molecule has 0 unspecified atom stereocenters. The number of hydrogen-bond acceptors (Lipinski definition) is 12. The predicted octanol–water partition coefficient (Wildman–Crippen LogP) is 17.4. The van der Waals surface area contributed by atoms with Gasteiger partial charge >= 0.3 is 13.2 Å². The fraction of sp³-hybridized carbons (Fsp3) is 0.0625. The van der Waals surface area contributed by atoms with Crippen molar-refractivity contribution >= 4 is 158 Å². The number of imidazole rings is 3. The number of ether oxygens (including phenoxy) is 1. The summed E-state index contributed by atoms with van der Waals surface area (Å²) in [5.41, 5.74) is 7.36. The largest absolute Gasteiger partial charge is 0.492 e. The van der Waals surface area contributed by atoms with E-state index in [9.17, 15) is 31.9 Å². The van der Waals surface area contributed by atoms with Gasteiger partial charge in [-0.15, -0.1) is 0 Å². The van der Waals surface area contributed by atoms with E-state index in [4.69, 9.17) is 74.4 Å². The summed E-state index contributed by atoms with van der Waals surface area (Å²) < 4.78 is 76.4. The molecule has 14 aromatic rings. The highest BCUT2D eigenvalue weighted by atomic mass is 79.9. The van der Waals surface area contributed by atoms with E-state index in [0.717, 1.165) is 74.5 Å². The van der Waals surface area contributed by atoms with Gasteiger partial charge in [0.25, 0.3) is 11.1 Å². The predicted molar refractivity (Wildman–Crippen MR) is 339 cm³/mol. The van der Waals surface area contributed by atoms with Gasteiger partial charge in [-0.05, 0) is 170 Å². The second-order valence-corrected chi connectivity index (χ2v) is 22.5. The molecule has 0 spiro atoms. The van der Waals surface area contributed by atoms with Crippen LogP contribution in [0.4, 0.5) is 22.4 Å². The lowest BCUT2D eigenvalue weighted by molar-refractivity contribution is 0.0539. The van der Waals surface area contributed by atoms with Crippen LogP contribution in [-0.2, 0) is 4.74 Å². The number of H-pyrrole nitrogens is 1. The monoisotopic (exact) mass is 1340 g/mol. The van der Waals surface area contributed by atoms with Crippen molar-refractivity contribution < 1.29 is 60.0 Å². The summed E-state index contributed by atoms with van der Waals surface area (Å²) in [6.45, 7) is 5.44. The summed E-state index contributed by atoms with van der Waals surface area (Å²) in [4.78, 5) is 52.4. The Hall–Kier alpha value is -9.06. The molecule has 0 bridgehead atoms. The molecule has 14 rings (SSSR count). The number of rotatable bonds is 5. The standard InChI is InChI=1S/C22H11ClF2N2O2.C15H9ClN2O.C12H12BrClN2O2.C8H7BO3.C7H3ClF2O/c23-14-5-7-19-18(11-14)26-21(15-3-1-2-12-8-9-29-20(12)15)27(19)22(28)13-4-6-16(24)17(25)10-13;16-10-4-5-12-13(8-10)18-15(17-12)11-3-1-2-9-6-7-19-14(9)11;1-12(2,3)18-11(17)16-9-5-4-7(14)6-8(9)15-10(16)13;10-9(11)7-3-1-2-6-4-5-12-8(6)7;8-7(11)4-1-2-5(9)6(10)3-4/h1-11H;1-8H,(H,17,18);4-6H,1-3H3;1-5,10-11H;1-3H. The van der Waals surface area contributed by atoms with E-state index in [1.165, 1.54) is 21.5 Å². The Morgan fingerprint density at radius 3 is 1.65 bits per heavy atom. The Balaban J connectivity index is 0.000000128. The van der Waals surface area contributed by atoms with Crippen molar-refractivity contribution in [1.29, 1.82) is 0 Å². The number of aromatic nitrogens is 6. The van der Waals surface area contributed by atoms with Crippen LogP contribution in [-0.4, -0.2) is 69.1 Å². The third kappa shape index (κ3) is 14.3. The molecule has 0 aliphatic heterocycles. The van der Waals surface area contributed by atoms with Crippen LogP contribution in [0, 0.1) is 23.3 Å². The fourth-order valence-corrected chi connectivity index (χ4v) is 10.1. The number of hydrogen-bond donors (Lipinski definition) is 3. The van der Waals surface area contributed by atoms with Crippen molar-refractivity contribution in [2.75, 3.05) is 0 Å². The van der Waals surface area contributed by atoms with Crippen LogP contribution < -0.4 is 5.46 Å². The SMILES string of the molecule is CC(C)(C)OC(=O)n1c(Br)nc2cc(Cl)ccc21.Clc1ccc2nc(-c3cccc4ccoc34)[nH]c2c1.O=C(Cl)c1ccc(F)c(F)c1.O=C(c1ccc(F)c(F)c1)n1c(-c2cccc3ccoc23)nc2cc(Cl)ccc21.OB(O)c1cccc2ccoc12. The average Bonchev–Trinajstić information content (AvgIpc) is 2.03. The maximum absolute atomic E-state index is 13.8. The third-order valence-corrected chi connectivity index (χ3v) is 14.4. The molecule has 0 radical (unpaired) electrons. The summed E-state index contributed by atoms with van der Waals surface area (Å²) in [5.74, 6) is -3.63. The Morgan fingerprint density at radius 1 is 0.562 bits per heavy atom. The normalized spacial score (nSPS) is 11.2. The molecule has 3 N–H and O–H groups in total. The molecule has 15 nitrogen and oxygen atoms in total. The first-order chi connectivity index (χ1) is 42.5. The first kappa shape index (κ1) is 63.0. The molecule has 0 saturated heterocycles. The van der Waals surface area contributed by atoms with Crippen LogP contribution in [0.25, 0.3) is 88.8 Å². The summed E-state index contributed by atoms with van der Waals surface area (Å²) in [7, 11) is -1.47. The van der Waals surface area contributed by atoms with Gasteiger partial charge in [0, 0.05) is 47.8 Å². The van der Waals surface area contributed by atoms with E-state index in [0.29, 0.717) is 69.9 Å². The van der Waals surface area contributed by atoms with Crippen molar-refractivity contribution in [3.8, 4) is 22.8 Å². The van der Waals surface area contributed by atoms with Crippen molar-refractivity contribution in [3.05, 3.63) is 237 Å². The highest BCUT2D eigenvalue weighted by Gasteiger charge is 2.25. The minimum atomic E-state index is -1.47. The Morgan fingerprint density at radius 2 is 1.07 bits per heavy atom. The molecule has 6 heterocycles. The van der Waals surface area contributed by atoms with Crippen LogP contribution in [0.15, 0.2) is 201 Å². The van der Waals surface area contributed by atoms with Gasteiger partial charge in [-0.1, -0.05) is 77.3 Å². The molecule has 25 heteroatoms. The quantitative estimate of drug-likeness (QED) is 0.0836. The first-order valence-electron chi connectivity index (χ1n) is 26.3. The second-order valence-electron chi connectivity index (χ2n) is 20.2. The molecule has 0 aliphatic carbocycles. The molecule has 448 valence electrons. The van der Waals surface area contributed by atoms with E-state index < -0.39 is 53.2 Å². The maximum atomic E-state index is 13.8. The fourth-order valence-electron chi connectivity index (χ4n) is 9.00. The molecule has 0 saturated carbocycles. The zero-order valence-corrected chi connectivity index (χ0v) is 50.9. The molecule has 0 fully saturated rings. The van der Waals surface area contributed by atoms with Gasteiger partial charge in [0.2, 0.25) is 0 Å². The minimum absolute atomic E-state index is 0.00831. The highest BCUT2D eigenvalue weighted by Crippen LogP contribution is 2.34. The average molecular weight is 1350 g/mol. The number of benzene rings is 8. The molecule has 8 aromatic carbocycles. The van der Waals surface area contributed by atoms with Gasteiger partial charge < -0.3 is 33.0 Å². The summed E-state index contributed by atoms with van der Waals surface area (Å²) in [6, 6.07) is 43.7. The number of carbonyl (C=O) groups is 3. The Kier molecular flexibility index (Phi) is 18.9. The number of aromatic amines is 1. The smallest absolute Gasteiger partial charge is 0.465 e. The van der Waals surface area contributed by atoms with E-state index in [2.05, 4.69) is 35.9 Å². The number of carbonyl (C=O) groups excluding carboxylic acids is 3. The third-order valence-electron chi connectivity index (χ3n) is 13.0. The number of furan rings is 3. The Bertz CT molecular complexity index is 4980. The van der Waals surface area contributed by atoms with Gasteiger partial charge in [-0.3, -0.25) is 14.2 Å². The Labute approximate surface area is 529 Å². The van der Waals surface area contributed by atoms with E-state index in [-0.39, 0.29) is 11.1 Å². The van der Waals surface area contributed by atoms with Crippen molar-refractivity contribution in [3.63, 3.8) is 0 Å². The maximum Gasteiger partial charge on any atom is 0.492 e. The second kappa shape index (κ2) is 26.7. The van der Waals surface area contributed by atoms with Crippen molar-refractivity contribution in [2.45, 2.75) is 26.4 Å². The molecule has 0 atom stereocenters. The zero-order chi connectivity index (χ0) is 63.4. The van der Waals surface area contributed by atoms with Crippen LogP contribution in [0.3, 0.4) is 0 Å². The van der Waals surface area contributed by atoms with Crippen LogP contribution in [0.2, 0.25) is 15.1 Å². The molecule has 0 aliphatic rings. The molecule has 89 heavy (non-hydrogen) atoms. The van der Waals surface area contributed by atoms with Gasteiger partial charge in [0.1, 0.15) is 28.2 Å². The number of fused-ring (bicyclic) bond motifs is 6. The summed E-state index contributed by atoms with van der Waals surface area (Å²) in [6.07, 6.45) is 4.29. The number of halogens is 9. The summed E-state index contributed by atoms with van der Waals surface area (Å²) in [5, 5.41) is 21.6. The van der Waals surface area contributed by atoms with E-state index in [1.54, 1.807) is 79.3 Å². The zero-order valence-electron chi connectivity index (χ0n) is 46.3. The molecule has 6 aromatic heterocycles. The number of para-hydroxylation sites is 3. The number of nitrogens with one attached hydrogen (secondary N) is 1. The van der Waals surface area contributed by atoms with Crippen LogP contribution in [0.1, 0.15) is 41.5 Å². The van der Waals surface area contributed by atoms with Crippen LogP contribution in [0.5, 0.6) is 0 Å². The lowest BCUT2D eigenvalue weighted by atomic mass is 9.79. The van der Waals surface area contributed by atoms with Crippen LogP contribution >= 0.6 is 62.3 Å². The summed E-state index contributed by atoms with van der Waals surface area (Å²) >= 11 is 26.2. The van der Waals surface area contributed by atoms with Gasteiger partial charge in [-0.2, -0.15) is 0 Å². The highest BCUT2D eigenvalue weighted by molar-refractivity contribution is 9.10. The van der Waals surface area contributed by atoms with Gasteiger partial charge in [-0.25, -0.2) is 41.9 Å². The van der Waals surface area contributed by atoms with Gasteiger partial charge in [0.15, 0.2) is 33.8 Å². The lowest BCUT2D eigenvalue weighted by Gasteiger charge is -2.19. The molecular formula is C64H42BBrCl4F4N6O9. The lowest BCUT2D eigenvalue weighted by Crippen LogP contribution is -2.29. The van der Waals surface area contributed by atoms with Crippen molar-refractivity contribution in [1.82, 2.24) is 29.1 Å². The first-order valence-corrected chi connectivity index (χ1v) is 28.6. The topological polar surface area (TPSA) is 205 Å². The number of nitrogens with zero attached hydrogens (tertiary/aromatic N) is 5. The van der Waals surface area contributed by atoms with E-state index >= 15 is 0 Å². The van der Waals surface area contributed by atoms with Crippen molar-refractivity contribution in [2.24, 2.45) is 0 Å². The van der Waals surface area contributed by atoms with E-state index in [1.807, 2.05) is 81.4 Å². The molecule has 0 amide bonds.